The fourth-order valence-corrected chi connectivity index (χ4v) is 3.28. The molecule has 0 aliphatic carbocycles. The number of aromatic nitrogens is 4. The summed E-state index contributed by atoms with van der Waals surface area (Å²) >= 11 is 0. The molecule has 3 aromatic rings. The highest BCUT2D eigenvalue weighted by molar-refractivity contribution is 5.85. The highest BCUT2D eigenvalue weighted by Gasteiger charge is 2.23. The zero-order valence-corrected chi connectivity index (χ0v) is 22.0. The number of nitrogens with one attached hydrogen (secondary N) is 3. The van der Waals surface area contributed by atoms with Gasteiger partial charge in [0.25, 0.3) is 5.56 Å². The number of carbonyl (C=O) groups is 2. The van der Waals surface area contributed by atoms with Crippen molar-refractivity contribution in [2.24, 2.45) is 0 Å². The van der Waals surface area contributed by atoms with E-state index in [2.05, 4.69) is 32.6 Å². The number of hydrogen-bond acceptors (Lipinski definition) is 7. The van der Waals surface area contributed by atoms with Crippen LogP contribution in [0.5, 0.6) is 5.75 Å². The van der Waals surface area contributed by atoms with E-state index in [-0.39, 0.29) is 11.5 Å². The van der Waals surface area contributed by atoms with Crippen LogP contribution in [-0.2, 0) is 16.0 Å². The van der Waals surface area contributed by atoms with Gasteiger partial charge in [0, 0.05) is 13.5 Å². The highest BCUT2D eigenvalue weighted by Crippen LogP contribution is 2.28. The number of likely N-dealkylation sites (N-methyl/N-ethyl adjacent to an activating group) is 2. The molecular formula is C25H38N6O4. The van der Waals surface area contributed by atoms with Gasteiger partial charge < -0.3 is 25.1 Å². The quantitative estimate of drug-likeness (QED) is 0.468. The summed E-state index contributed by atoms with van der Waals surface area (Å²) < 4.78 is 7.37. The smallest absolute Gasteiger partial charge is 0.277 e. The van der Waals surface area contributed by atoms with E-state index < -0.39 is 5.54 Å². The summed E-state index contributed by atoms with van der Waals surface area (Å²) in [6, 6.07) is 5.86. The molecule has 192 valence electrons. The second kappa shape index (κ2) is 13.4. The van der Waals surface area contributed by atoms with Crippen molar-refractivity contribution in [3.05, 3.63) is 45.6 Å². The molecule has 0 saturated heterocycles. The van der Waals surface area contributed by atoms with Crippen LogP contribution in [0, 0.1) is 13.8 Å². The number of benzene rings is 1. The minimum atomic E-state index is -0.450. The molecule has 0 saturated carbocycles. The first kappa shape index (κ1) is 29.5. The lowest BCUT2D eigenvalue weighted by Crippen LogP contribution is -2.49. The molecule has 35 heavy (non-hydrogen) atoms. The largest absolute Gasteiger partial charge is 0.493 e. The summed E-state index contributed by atoms with van der Waals surface area (Å²) in [4.78, 5) is 38.8. The average molecular weight is 487 g/mol. The third-order valence-electron chi connectivity index (χ3n) is 5.33. The number of fused-ring (bicyclic) bond motifs is 1. The first-order valence-corrected chi connectivity index (χ1v) is 11.5. The fraction of sp³-hybridized carbons (Fsp3) is 0.480. The predicted octanol–water partition coefficient (Wildman–Crippen LogP) is 2.60. The van der Waals surface area contributed by atoms with E-state index in [9.17, 15) is 9.59 Å². The molecular weight excluding hydrogens is 448 g/mol. The molecule has 3 N–H and O–H groups in total. The molecule has 2 heterocycles. The molecule has 0 radical (unpaired) electrons. The Morgan fingerprint density at radius 1 is 1.20 bits per heavy atom. The number of aryl methyl sites for hydroxylation is 3. The van der Waals surface area contributed by atoms with Gasteiger partial charge in [0.05, 0.1) is 23.4 Å². The van der Waals surface area contributed by atoms with Crippen molar-refractivity contribution in [1.29, 1.82) is 0 Å². The third-order valence-corrected chi connectivity index (χ3v) is 5.33. The number of amides is 1. The summed E-state index contributed by atoms with van der Waals surface area (Å²) in [7, 11) is 3.39. The maximum absolute atomic E-state index is 12.6. The number of ether oxygens (including phenoxy) is 1. The van der Waals surface area contributed by atoms with E-state index in [0.29, 0.717) is 29.4 Å². The minimum absolute atomic E-state index is 0.00463. The Kier molecular flexibility index (Phi) is 11.3. The number of imidazole rings is 1. The second-order valence-corrected chi connectivity index (χ2v) is 8.31. The molecule has 2 aromatic heterocycles. The van der Waals surface area contributed by atoms with Crippen molar-refractivity contribution in [1.82, 2.24) is 30.2 Å². The SMILES string of the molecule is C=O.CCCc1nc(C)c2c(=O)[nH]c(-c3cc(C)ccc3OCC)nn12.CNC(=O)C(C)(C)NC. The Balaban J connectivity index is 0.000000473. The van der Waals surface area contributed by atoms with Crippen LogP contribution < -0.4 is 20.9 Å². The van der Waals surface area contributed by atoms with Crippen LogP contribution in [0.4, 0.5) is 0 Å². The first-order chi connectivity index (χ1) is 16.6. The molecule has 0 atom stereocenters. The number of carbonyl (C=O) groups excluding carboxylic acids is 2. The normalized spacial score (nSPS) is 10.6. The molecule has 0 fully saturated rings. The van der Waals surface area contributed by atoms with Gasteiger partial charge in [-0.2, -0.15) is 0 Å². The molecule has 0 aliphatic heterocycles. The van der Waals surface area contributed by atoms with E-state index in [4.69, 9.17) is 9.53 Å². The predicted molar refractivity (Wildman–Crippen MR) is 138 cm³/mol. The number of aromatic amines is 1. The minimum Gasteiger partial charge on any atom is -0.493 e. The summed E-state index contributed by atoms with van der Waals surface area (Å²) in [6.45, 7) is 14.1. The van der Waals surface area contributed by atoms with Crippen LogP contribution in [0.1, 0.15) is 51.2 Å². The lowest BCUT2D eigenvalue weighted by Gasteiger charge is -2.20. The molecule has 1 amide bonds. The van der Waals surface area contributed by atoms with Gasteiger partial charge in [-0.15, -0.1) is 5.10 Å². The van der Waals surface area contributed by atoms with Gasteiger partial charge in [0.1, 0.15) is 18.4 Å². The third kappa shape index (κ3) is 7.22. The summed E-state index contributed by atoms with van der Waals surface area (Å²) in [6.07, 6.45) is 1.72. The van der Waals surface area contributed by atoms with Gasteiger partial charge in [0.15, 0.2) is 11.3 Å². The lowest BCUT2D eigenvalue weighted by molar-refractivity contribution is -0.125. The van der Waals surface area contributed by atoms with E-state index in [1.54, 1.807) is 18.6 Å². The van der Waals surface area contributed by atoms with Crippen molar-refractivity contribution < 1.29 is 14.3 Å². The van der Waals surface area contributed by atoms with E-state index in [1.165, 1.54) is 0 Å². The van der Waals surface area contributed by atoms with Crippen LogP contribution in [0.2, 0.25) is 0 Å². The Morgan fingerprint density at radius 3 is 2.37 bits per heavy atom. The average Bonchev–Trinajstić information content (AvgIpc) is 3.17. The van der Waals surface area contributed by atoms with Crippen LogP contribution in [0.15, 0.2) is 23.0 Å². The molecule has 0 bridgehead atoms. The van der Waals surface area contributed by atoms with Crippen molar-refractivity contribution in [3.8, 4) is 17.1 Å². The summed E-state index contributed by atoms with van der Waals surface area (Å²) in [5, 5.41) is 10.1. The van der Waals surface area contributed by atoms with Gasteiger partial charge in [-0.3, -0.25) is 9.59 Å². The molecule has 1 aromatic carbocycles. The van der Waals surface area contributed by atoms with E-state index in [1.807, 2.05) is 59.6 Å². The molecule has 0 unspecified atom stereocenters. The zero-order chi connectivity index (χ0) is 26.8. The van der Waals surface area contributed by atoms with Crippen molar-refractivity contribution in [2.45, 2.75) is 59.9 Å². The molecule has 10 heteroatoms. The number of hydrogen-bond donors (Lipinski definition) is 3. The Bertz CT molecular complexity index is 1180. The number of rotatable bonds is 7. The lowest BCUT2D eigenvalue weighted by atomic mass is 10.1. The topological polar surface area (TPSA) is 130 Å². The highest BCUT2D eigenvalue weighted by atomic mass is 16.5. The van der Waals surface area contributed by atoms with Crippen molar-refractivity contribution >= 4 is 18.2 Å². The Labute approximate surface area is 206 Å². The number of H-pyrrole nitrogens is 1. The maximum atomic E-state index is 12.6. The molecule has 10 nitrogen and oxygen atoms in total. The summed E-state index contributed by atoms with van der Waals surface area (Å²) in [5.41, 5.74) is 2.43. The monoisotopic (exact) mass is 486 g/mol. The van der Waals surface area contributed by atoms with Crippen molar-refractivity contribution in [2.75, 3.05) is 20.7 Å². The zero-order valence-electron chi connectivity index (χ0n) is 22.0. The Hall–Kier alpha value is -3.53. The van der Waals surface area contributed by atoms with Gasteiger partial charge >= 0.3 is 0 Å². The van der Waals surface area contributed by atoms with E-state index >= 15 is 0 Å². The van der Waals surface area contributed by atoms with Gasteiger partial charge in [-0.25, -0.2) is 9.50 Å². The second-order valence-electron chi connectivity index (χ2n) is 8.31. The van der Waals surface area contributed by atoms with Crippen LogP contribution >= 0.6 is 0 Å². The van der Waals surface area contributed by atoms with E-state index in [0.717, 1.165) is 29.8 Å². The van der Waals surface area contributed by atoms with Gasteiger partial charge in [-0.1, -0.05) is 18.6 Å². The van der Waals surface area contributed by atoms with Crippen LogP contribution in [-0.4, -0.2) is 58.5 Å². The Morgan fingerprint density at radius 2 is 1.86 bits per heavy atom. The maximum Gasteiger partial charge on any atom is 0.277 e. The molecule has 0 aliphatic rings. The van der Waals surface area contributed by atoms with Gasteiger partial charge in [0.2, 0.25) is 5.91 Å². The van der Waals surface area contributed by atoms with Gasteiger partial charge in [-0.05, 0) is 60.2 Å². The fourth-order valence-electron chi connectivity index (χ4n) is 3.28. The standard InChI is InChI=1S/C18H22N4O2.C6H14N2O.CH2O/c1-5-7-15-19-12(4)16-18(23)20-17(21-22(15)16)13-10-11(3)8-9-14(13)24-6-2;1-6(2,8-4)5(9)7-3;1-2/h8-10H,5-7H2,1-4H3,(H,20,21,23);8H,1-4H3,(H,7,9);1H2. The first-order valence-electron chi connectivity index (χ1n) is 11.5. The van der Waals surface area contributed by atoms with Crippen molar-refractivity contribution in [3.63, 3.8) is 0 Å². The summed E-state index contributed by atoms with van der Waals surface area (Å²) in [5.74, 6) is 2.02. The number of nitrogens with zero attached hydrogens (tertiary/aromatic N) is 3. The van der Waals surface area contributed by atoms with Crippen LogP contribution in [0.3, 0.4) is 0 Å². The molecule has 0 spiro atoms. The van der Waals surface area contributed by atoms with Crippen LogP contribution in [0.25, 0.3) is 16.9 Å². The molecule has 3 rings (SSSR count).